The Kier molecular flexibility index (Phi) is 3.01. The van der Waals surface area contributed by atoms with Crippen LogP contribution < -0.4 is 5.32 Å². The Hall–Kier alpha value is -2.41. The van der Waals surface area contributed by atoms with Gasteiger partial charge in [-0.05, 0) is 31.0 Å². The standard InChI is InChI=1S/C13H12N4/c1-9-4-3-5-11(10(9)2)17-13-12(8-14)15-6-7-16-13/h3-7H,1-2H3,(H,16,17). The first-order valence-corrected chi connectivity index (χ1v) is 5.26. The van der Waals surface area contributed by atoms with E-state index in [4.69, 9.17) is 5.26 Å². The van der Waals surface area contributed by atoms with Crippen molar-refractivity contribution in [2.75, 3.05) is 5.32 Å². The molecule has 1 aromatic carbocycles. The fourth-order valence-corrected chi connectivity index (χ4v) is 1.53. The minimum Gasteiger partial charge on any atom is -0.338 e. The van der Waals surface area contributed by atoms with Gasteiger partial charge in [0.15, 0.2) is 11.5 Å². The van der Waals surface area contributed by atoms with Crippen molar-refractivity contribution in [3.05, 3.63) is 47.4 Å². The first-order valence-electron chi connectivity index (χ1n) is 5.26. The predicted molar refractivity (Wildman–Crippen MR) is 65.9 cm³/mol. The van der Waals surface area contributed by atoms with Crippen LogP contribution in [0.2, 0.25) is 0 Å². The van der Waals surface area contributed by atoms with Gasteiger partial charge in [0, 0.05) is 18.1 Å². The second kappa shape index (κ2) is 4.62. The van der Waals surface area contributed by atoms with Crippen LogP contribution >= 0.6 is 0 Å². The van der Waals surface area contributed by atoms with Gasteiger partial charge in [-0.2, -0.15) is 5.26 Å². The van der Waals surface area contributed by atoms with Crippen molar-refractivity contribution in [3.8, 4) is 6.07 Å². The van der Waals surface area contributed by atoms with Crippen molar-refractivity contribution in [1.29, 1.82) is 5.26 Å². The third-order valence-electron chi connectivity index (χ3n) is 2.66. The van der Waals surface area contributed by atoms with Crippen molar-refractivity contribution < 1.29 is 0 Å². The van der Waals surface area contributed by atoms with E-state index >= 15 is 0 Å². The van der Waals surface area contributed by atoms with Crippen molar-refractivity contribution in [1.82, 2.24) is 9.97 Å². The highest BCUT2D eigenvalue weighted by Gasteiger charge is 2.06. The van der Waals surface area contributed by atoms with E-state index < -0.39 is 0 Å². The van der Waals surface area contributed by atoms with Crippen LogP contribution in [0, 0.1) is 25.2 Å². The Bertz CT molecular complexity index is 584. The van der Waals surface area contributed by atoms with Gasteiger partial charge in [0.1, 0.15) is 6.07 Å². The van der Waals surface area contributed by atoms with Gasteiger partial charge in [0.25, 0.3) is 0 Å². The van der Waals surface area contributed by atoms with Gasteiger partial charge < -0.3 is 5.32 Å². The van der Waals surface area contributed by atoms with Crippen molar-refractivity contribution in [2.24, 2.45) is 0 Å². The molecule has 0 amide bonds. The van der Waals surface area contributed by atoms with Crippen LogP contribution in [0.15, 0.2) is 30.6 Å². The Morgan fingerprint density at radius 1 is 1.18 bits per heavy atom. The molecule has 0 unspecified atom stereocenters. The zero-order valence-corrected chi connectivity index (χ0v) is 9.73. The lowest BCUT2D eigenvalue weighted by Crippen LogP contribution is -2.00. The van der Waals surface area contributed by atoms with Gasteiger partial charge in [-0.25, -0.2) is 9.97 Å². The second-order valence-electron chi connectivity index (χ2n) is 3.74. The highest BCUT2D eigenvalue weighted by molar-refractivity contribution is 5.64. The number of benzene rings is 1. The number of anilines is 2. The molecule has 0 saturated carbocycles. The molecule has 2 aromatic rings. The zero-order chi connectivity index (χ0) is 12.3. The molecule has 0 atom stereocenters. The van der Waals surface area contributed by atoms with Gasteiger partial charge in [-0.1, -0.05) is 12.1 Å². The fraction of sp³-hybridized carbons (Fsp3) is 0.154. The largest absolute Gasteiger partial charge is 0.338 e. The first-order chi connectivity index (χ1) is 8.22. The lowest BCUT2D eigenvalue weighted by atomic mass is 10.1. The fourth-order valence-electron chi connectivity index (χ4n) is 1.53. The Morgan fingerprint density at radius 2 is 1.94 bits per heavy atom. The van der Waals surface area contributed by atoms with Gasteiger partial charge in [-0.3, -0.25) is 0 Å². The topological polar surface area (TPSA) is 61.6 Å². The maximum Gasteiger partial charge on any atom is 0.183 e. The minimum atomic E-state index is 0.299. The summed E-state index contributed by atoms with van der Waals surface area (Å²) >= 11 is 0. The smallest absolute Gasteiger partial charge is 0.183 e. The third kappa shape index (κ3) is 2.23. The van der Waals surface area contributed by atoms with Crippen molar-refractivity contribution >= 4 is 11.5 Å². The number of nitriles is 1. The monoisotopic (exact) mass is 224 g/mol. The van der Waals surface area contributed by atoms with Crippen LogP contribution in [0.5, 0.6) is 0 Å². The molecule has 1 N–H and O–H groups in total. The molecule has 0 fully saturated rings. The average Bonchev–Trinajstić information content (AvgIpc) is 2.35. The molecule has 4 heteroatoms. The molecule has 1 heterocycles. The molecule has 0 bridgehead atoms. The molecule has 0 aliphatic rings. The molecule has 2 rings (SSSR count). The van der Waals surface area contributed by atoms with Crippen LogP contribution in [0.4, 0.5) is 11.5 Å². The van der Waals surface area contributed by atoms with Crippen molar-refractivity contribution in [2.45, 2.75) is 13.8 Å². The van der Waals surface area contributed by atoms with Crippen LogP contribution in [-0.4, -0.2) is 9.97 Å². The summed E-state index contributed by atoms with van der Waals surface area (Å²) in [4.78, 5) is 8.08. The number of nitrogens with one attached hydrogen (secondary N) is 1. The van der Waals surface area contributed by atoms with E-state index in [0.717, 1.165) is 11.3 Å². The SMILES string of the molecule is Cc1cccc(Nc2nccnc2C#N)c1C. The number of rotatable bonds is 2. The lowest BCUT2D eigenvalue weighted by Gasteiger charge is -2.10. The summed E-state index contributed by atoms with van der Waals surface area (Å²) in [5.41, 5.74) is 3.58. The summed E-state index contributed by atoms with van der Waals surface area (Å²) in [6.07, 6.45) is 3.07. The molecule has 1 aromatic heterocycles. The van der Waals surface area contributed by atoms with E-state index in [9.17, 15) is 0 Å². The van der Waals surface area contributed by atoms with Gasteiger partial charge in [0.05, 0.1) is 0 Å². The van der Waals surface area contributed by atoms with E-state index in [-0.39, 0.29) is 0 Å². The highest BCUT2D eigenvalue weighted by Crippen LogP contribution is 2.22. The van der Waals surface area contributed by atoms with Crippen LogP contribution in [0.25, 0.3) is 0 Å². The van der Waals surface area contributed by atoms with Gasteiger partial charge in [0.2, 0.25) is 0 Å². The van der Waals surface area contributed by atoms with E-state index in [1.54, 1.807) is 6.20 Å². The van der Waals surface area contributed by atoms with Gasteiger partial charge in [-0.15, -0.1) is 0 Å². The molecular formula is C13H12N4. The summed E-state index contributed by atoms with van der Waals surface area (Å²) in [6, 6.07) is 7.98. The summed E-state index contributed by atoms with van der Waals surface area (Å²) in [7, 11) is 0. The Labute approximate surface area is 100.0 Å². The molecule has 17 heavy (non-hydrogen) atoms. The predicted octanol–water partition coefficient (Wildman–Crippen LogP) is 2.71. The maximum absolute atomic E-state index is 8.93. The average molecular weight is 224 g/mol. The maximum atomic E-state index is 8.93. The molecule has 0 saturated heterocycles. The van der Waals surface area contributed by atoms with E-state index in [1.165, 1.54) is 11.8 Å². The van der Waals surface area contributed by atoms with E-state index in [2.05, 4.69) is 15.3 Å². The third-order valence-corrected chi connectivity index (χ3v) is 2.66. The van der Waals surface area contributed by atoms with Gasteiger partial charge >= 0.3 is 0 Å². The zero-order valence-electron chi connectivity index (χ0n) is 9.73. The lowest BCUT2D eigenvalue weighted by molar-refractivity contribution is 1.16. The van der Waals surface area contributed by atoms with Crippen LogP contribution in [0.1, 0.15) is 16.8 Å². The molecule has 0 radical (unpaired) electrons. The molecule has 0 aliphatic carbocycles. The molecule has 0 aliphatic heterocycles. The molecular weight excluding hydrogens is 212 g/mol. The van der Waals surface area contributed by atoms with Crippen LogP contribution in [-0.2, 0) is 0 Å². The summed E-state index contributed by atoms with van der Waals surface area (Å²) in [5.74, 6) is 0.490. The quantitative estimate of drug-likeness (QED) is 0.851. The summed E-state index contributed by atoms with van der Waals surface area (Å²) < 4.78 is 0. The summed E-state index contributed by atoms with van der Waals surface area (Å²) in [5, 5.41) is 12.1. The number of nitrogens with zero attached hydrogens (tertiary/aromatic N) is 3. The first kappa shape index (κ1) is 11.1. The molecule has 84 valence electrons. The number of aryl methyl sites for hydroxylation is 1. The Morgan fingerprint density at radius 3 is 2.71 bits per heavy atom. The number of hydrogen-bond donors (Lipinski definition) is 1. The number of aromatic nitrogens is 2. The van der Waals surface area contributed by atoms with Crippen LogP contribution in [0.3, 0.4) is 0 Å². The van der Waals surface area contributed by atoms with Crippen molar-refractivity contribution in [3.63, 3.8) is 0 Å². The highest BCUT2D eigenvalue weighted by atomic mass is 15.0. The number of hydrogen-bond acceptors (Lipinski definition) is 4. The minimum absolute atomic E-state index is 0.299. The molecule has 0 spiro atoms. The Balaban J connectivity index is 2.39. The van der Waals surface area contributed by atoms with E-state index in [1.807, 2.05) is 38.1 Å². The molecule has 4 nitrogen and oxygen atoms in total. The normalized spacial score (nSPS) is 9.71. The summed E-state index contributed by atoms with van der Waals surface area (Å²) in [6.45, 7) is 4.07. The van der Waals surface area contributed by atoms with E-state index in [0.29, 0.717) is 11.5 Å². The second-order valence-corrected chi connectivity index (χ2v) is 3.74.